The van der Waals surface area contributed by atoms with Gasteiger partial charge in [0.25, 0.3) is 0 Å². The van der Waals surface area contributed by atoms with Crippen LogP contribution in [0.2, 0.25) is 0 Å². The first-order valence-corrected chi connectivity index (χ1v) is 7.67. The van der Waals surface area contributed by atoms with E-state index in [1.54, 1.807) is 17.2 Å². The van der Waals surface area contributed by atoms with Gasteiger partial charge in [-0.15, -0.1) is 0 Å². The van der Waals surface area contributed by atoms with Gasteiger partial charge in [-0.3, -0.25) is 4.68 Å². The van der Waals surface area contributed by atoms with Crippen molar-refractivity contribution in [3.05, 3.63) is 54.0 Å². The number of rotatable bonds is 6. The largest absolute Gasteiger partial charge is 0.308 e. The Bertz CT molecular complexity index is 761. The summed E-state index contributed by atoms with van der Waals surface area (Å²) in [5, 5.41) is 12.2. The maximum Gasteiger partial charge on any atom is 0.159 e. The minimum atomic E-state index is 0.289. The van der Waals surface area contributed by atoms with Gasteiger partial charge in [-0.05, 0) is 32.9 Å². The van der Waals surface area contributed by atoms with Crippen molar-refractivity contribution < 1.29 is 0 Å². The minimum Gasteiger partial charge on any atom is -0.308 e. The fourth-order valence-electron chi connectivity index (χ4n) is 2.56. The molecule has 0 aromatic carbocycles. The van der Waals surface area contributed by atoms with Crippen molar-refractivity contribution in [2.24, 2.45) is 0 Å². The molecule has 0 amide bonds. The molecular formula is C16H21N7. The Labute approximate surface area is 135 Å². The molecule has 0 bridgehead atoms. The molecule has 7 nitrogen and oxygen atoms in total. The number of nitrogens with zero attached hydrogens (tertiary/aromatic N) is 6. The molecule has 3 heterocycles. The van der Waals surface area contributed by atoms with Gasteiger partial charge in [-0.2, -0.15) is 10.2 Å². The van der Waals surface area contributed by atoms with Crippen LogP contribution in [0, 0.1) is 13.8 Å². The van der Waals surface area contributed by atoms with Crippen molar-refractivity contribution in [2.45, 2.75) is 39.9 Å². The molecule has 0 aliphatic heterocycles. The van der Waals surface area contributed by atoms with E-state index in [4.69, 9.17) is 0 Å². The summed E-state index contributed by atoms with van der Waals surface area (Å²) in [6.45, 7) is 7.79. The maximum atomic E-state index is 4.51. The summed E-state index contributed by atoms with van der Waals surface area (Å²) < 4.78 is 3.72. The molecule has 0 saturated carbocycles. The number of hydrogen-bond donors (Lipinski definition) is 1. The Morgan fingerprint density at radius 1 is 1.30 bits per heavy atom. The summed E-state index contributed by atoms with van der Waals surface area (Å²) in [4.78, 5) is 8.39. The van der Waals surface area contributed by atoms with Crippen molar-refractivity contribution in [3.63, 3.8) is 0 Å². The van der Waals surface area contributed by atoms with E-state index >= 15 is 0 Å². The third kappa shape index (κ3) is 3.62. The van der Waals surface area contributed by atoms with Gasteiger partial charge in [-0.25, -0.2) is 14.6 Å². The third-order valence-corrected chi connectivity index (χ3v) is 3.69. The van der Waals surface area contributed by atoms with Crippen LogP contribution in [0.3, 0.4) is 0 Å². The lowest BCUT2D eigenvalue weighted by Gasteiger charge is -2.16. The first-order valence-electron chi connectivity index (χ1n) is 7.67. The second-order valence-corrected chi connectivity index (χ2v) is 5.72. The van der Waals surface area contributed by atoms with Crippen molar-refractivity contribution in [2.75, 3.05) is 0 Å². The molecule has 3 rings (SSSR count). The normalized spacial score (nSPS) is 12.5. The Balaban J connectivity index is 1.65. The van der Waals surface area contributed by atoms with Crippen LogP contribution in [0.4, 0.5) is 0 Å². The summed E-state index contributed by atoms with van der Waals surface area (Å²) in [6.07, 6.45) is 4.93. The zero-order chi connectivity index (χ0) is 16.2. The average Bonchev–Trinajstić information content (AvgIpc) is 3.16. The van der Waals surface area contributed by atoms with Crippen molar-refractivity contribution >= 4 is 0 Å². The van der Waals surface area contributed by atoms with Crippen molar-refractivity contribution in [3.8, 4) is 5.82 Å². The number of hydrogen-bond acceptors (Lipinski definition) is 5. The molecule has 0 saturated heterocycles. The van der Waals surface area contributed by atoms with E-state index in [9.17, 15) is 0 Å². The van der Waals surface area contributed by atoms with Crippen LogP contribution in [0.1, 0.15) is 23.9 Å². The lowest BCUT2D eigenvalue weighted by molar-refractivity contribution is 0.443. The van der Waals surface area contributed by atoms with Crippen molar-refractivity contribution in [1.29, 1.82) is 0 Å². The van der Waals surface area contributed by atoms with Crippen LogP contribution in [-0.2, 0) is 13.1 Å². The molecule has 1 atom stereocenters. The van der Waals surface area contributed by atoms with E-state index < -0.39 is 0 Å². The number of aryl methyl sites for hydroxylation is 2. The summed E-state index contributed by atoms with van der Waals surface area (Å²) >= 11 is 0. The average molecular weight is 311 g/mol. The predicted molar refractivity (Wildman–Crippen MR) is 87.2 cm³/mol. The highest BCUT2D eigenvalue weighted by molar-refractivity contribution is 5.31. The lowest BCUT2D eigenvalue weighted by atomic mass is 10.2. The first kappa shape index (κ1) is 15.4. The van der Waals surface area contributed by atoms with E-state index in [0.29, 0.717) is 6.54 Å². The van der Waals surface area contributed by atoms with Gasteiger partial charge in [0.2, 0.25) is 0 Å². The number of aromatic nitrogens is 6. The molecule has 0 radical (unpaired) electrons. The van der Waals surface area contributed by atoms with Gasteiger partial charge in [0, 0.05) is 30.0 Å². The molecule has 1 N–H and O–H groups in total. The van der Waals surface area contributed by atoms with Crippen LogP contribution >= 0.6 is 0 Å². The molecule has 23 heavy (non-hydrogen) atoms. The topological polar surface area (TPSA) is 73.5 Å². The van der Waals surface area contributed by atoms with E-state index in [-0.39, 0.29) is 6.04 Å². The molecule has 0 aliphatic carbocycles. The zero-order valence-corrected chi connectivity index (χ0v) is 13.6. The maximum absolute atomic E-state index is 4.51. The molecule has 120 valence electrons. The van der Waals surface area contributed by atoms with Gasteiger partial charge < -0.3 is 5.32 Å². The first-order chi connectivity index (χ1) is 11.1. The van der Waals surface area contributed by atoms with Gasteiger partial charge >= 0.3 is 0 Å². The van der Waals surface area contributed by atoms with E-state index in [1.807, 2.05) is 23.7 Å². The second kappa shape index (κ2) is 6.70. The standard InChI is InChI=1S/C16H21N7/c1-12-7-14(3)22(21-12)9-13(2)19-8-15-5-4-6-18-16(15)23-11-17-10-20-23/h4-7,10-11,13,19H,8-9H2,1-3H3/t13-/m0/s1. The Morgan fingerprint density at radius 3 is 2.87 bits per heavy atom. The number of pyridine rings is 1. The van der Waals surface area contributed by atoms with Crippen LogP contribution in [0.5, 0.6) is 0 Å². The Hall–Kier alpha value is -2.54. The lowest BCUT2D eigenvalue weighted by Crippen LogP contribution is -2.31. The third-order valence-electron chi connectivity index (χ3n) is 3.69. The molecule has 0 unspecified atom stereocenters. The van der Waals surface area contributed by atoms with E-state index in [1.165, 1.54) is 12.0 Å². The van der Waals surface area contributed by atoms with Gasteiger partial charge in [0.1, 0.15) is 12.7 Å². The highest BCUT2D eigenvalue weighted by atomic mass is 15.3. The fraction of sp³-hybridized carbons (Fsp3) is 0.375. The highest BCUT2D eigenvalue weighted by Crippen LogP contribution is 2.10. The second-order valence-electron chi connectivity index (χ2n) is 5.72. The molecule has 0 aliphatic rings. The summed E-state index contributed by atoms with van der Waals surface area (Å²) in [5.41, 5.74) is 3.31. The molecule has 7 heteroatoms. The Morgan fingerprint density at radius 2 is 2.17 bits per heavy atom. The summed E-state index contributed by atoms with van der Waals surface area (Å²) in [7, 11) is 0. The van der Waals surface area contributed by atoms with Gasteiger partial charge in [0.15, 0.2) is 5.82 Å². The smallest absolute Gasteiger partial charge is 0.159 e. The minimum absolute atomic E-state index is 0.289. The van der Waals surface area contributed by atoms with Gasteiger partial charge in [0.05, 0.1) is 12.2 Å². The van der Waals surface area contributed by atoms with Crippen LogP contribution in [-0.4, -0.2) is 35.6 Å². The Kier molecular flexibility index (Phi) is 4.47. The summed E-state index contributed by atoms with van der Waals surface area (Å²) in [6, 6.07) is 6.36. The fourth-order valence-corrected chi connectivity index (χ4v) is 2.56. The number of nitrogens with one attached hydrogen (secondary N) is 1. The molecular weight excluding hydrogens is 290 g/mol. The molecule has 0 fully saturated rings. The zero-order valence-electron chi connectivity index (χ0n) is 13.6. The molecule has 3 aromatic rings. The SMILES string of the molecule is Cc1cc(C)n(C[C@H](C)NCc2cccnc2-n2cncn2)n1. The van der Waals surface area contributed by atoms with E-state index in [2.05, 4.69) is 45.4 Å². The predicted octanol–water partition coefficient (Wildman–Crippen LogP) is 1.65. The van der Waals surface area contributed by atoms with E-state index in [0.717, 1.165) is 23.6 Å². The molecule has 0 spiro atoms. The summed E-state index contributed by atoms with van der Waals surface area (Å²) in [5.74, 6) is 0.802. The molecule has 3 aromatic heterocycles. The van der Waals surface area contributed by atoms with Crippen LogP contribution < -0.4 is 5.32 Å². The van der Waals surface area contributed by atoms with Crippen molar-refractivity contribution in [1.82, 2.24) is 34.8 Å². The van der Waals surface area contributed by atoms with Crippen LogP contribution in [0.25, 0.3) is 5.82 Å². The van der Waals surface area contributed by atoms with Crippen LogP contribution in [0.15, 0.2) is 37.1 Å². The quantitative estimate of drug-likeness (QED) is 0.749. The highest BCUT2D eigenvalue weighted by Gasteiger charge is 2.10. The monoisotopic (exact) mass is 311 g/mol. The van der Waals surface area contributed by atoms with Gasteiger partial charge in [-0.1, -0.05) is 6.07 Å².